The summed E-state index contributed by atoms with van der Waals surface area (Å²) in [6.45, 7) is 8.23. The Balaban J connectivity index is 1.71. The summed E-state index contributed by atoms with van der Waals surface area (Å²) in [5.74, 6) is 1.16. The molecule has 2 heterocycles. The molecule has 3 rings (SSSR count). The molecule has 3 atom stereocenters. The van der Waals surface area contributed by atoms with Gasteiger partial charge in [-0.05, 0) is 43.1 Å². The average molecular weight is 290 g/mol. The van der Waals surface area contributed by atoms with E-state index < -0.39 is 0 Å². The van der Waals surface area contributed by atoms with E-state index in [1.807, 2.05) is 4.68 Å². The molecule has 1 fully saturated rings. The van der Waals surface area contributed by atoms with Gasteiger partial charge in [0.15, 0.2) is 0 Å². The van der Waals surface area contributed by atoms with Crippen molar-refractivity contribution in [2.75, 3.05) is 6.54 Å². The topological polar surface area (TPSA) is 72.9 Å². The fraction of sp³-hybridized carbons (Fsp3) is 0.750. The number of nitrogens with two attached hydrogens (primary N) is 1. The lowest BCUT2D eigenvalue weighted by Crippen LogP contribution is -2.60. The van der Waals surface area contributed by atoms with Crippen LogP contribution in [0.1, 0.15) is 49.7 Å². The summed E-state index contributed by atoms with van der Waals surface area (Å²) in [7, 11) is 0. The van der Waals surface area contributed by atoms with Crippen LogP contribution in [0.3, 0.4) is 0 Å². The molecule has 0 radical (unpaired) electrons. The largest absolute Gasteiger partial charge is 0.349 e. The van der Waals surface area contributed by atoms with Gasteiger partial charge < -0.3 is 11.1 Å². The summed E-state index contributed by atoms with van der Waals surface area (Å²) >= 11 is 0. The van der Waals surface area contributed by atoms with Crippen LogP contribution >= 0.6 is 0 Å². The summed E-state index contributed by atoms with van der Waals surface area (Å²) in [4.78, 5) is 12.6. The molecule has 0 bridgehead atoms. The molecule has 116 valence electrons. The maximum atomic E-state index is 12.6. The van der Waals surface area contributed by atoms with Crippen LogP contribution in [-0.4, -0.2) is 28.3 Å². The third-order valence-electron chi connectivity index (χ3n) is 5.63. The third-order valence-corrected chi connectivity index (χ3v) is 5.63. The monoisotopic (exact) mass is 290 g/mol. The maximum Gasteiger partial charge on any atom is 0.254 e. The number of hydrogen-bond donors (Lipinski definition) is 2. The molecule has 3 N–H and O–H groups in total. The van der Waals surface area contributed by atoms with Crippen LogP contribution in [0.5, 0.6) is 0 Å². The Morgan fingerprint density at radius 2 is 2.33 bits per heavy atom. The predicted octanol–water partition coefficient (Wildman–Crippen LogP) is 1.57. The zero-order valence-electron chi connectivity index (χ0n) is 13.2. The number of aryl methyl sites for hydroxylation is 1. The van der Waals surface area contributed by atoms with Crippen LogP contribution < -0.4 is 11.1 Å². The minimum atomic E-state index is 0.0268. The van der Waals surface area contributed by atoms with Crippen molar-refractivity contribution < 1.29 is 4.79 Å². The molecule has 0 spiro atoms. The Hall–Kier alpha value is -1.36. The van der Waals surface area contributed by atoms with E-state index >= 15 is 0 Å². The Morgan fingerprint density at radius 3 is 3.00 bits per heavy atom. The first-order chi connectivity index (χ1) is 9.93. The molecule has 5 nitrogen and oxygen atoms in total. The summed E-state index contributed by atoms with van der Waals surface area (Å²) in [5, 5.41) is 7.56. The van der Waals surface area contributed by atoms with E-state index in [-0.39, 0.29) is 17.4 Å². The maximum absolute atomic E-state index is 12.6. The van der Waals surface area contributed by atoms with Crippen LogP contribution in [0.2, 0.25) is 0 Å². The third kappa shape index (κ3) is 2.37. The molecule has 5 heteroatoms. The van der Waals surface area contributed by atoms with Gasteiger partial charge in [0.05, 0.1) is 17.5 Å². The molecule has 1 aromatic heterocycles. The lowest BCUT2D eigenvalue weighted by atomic mass is 9.58. The summed E-state index contributed by atoms with van der Waals surface area (Å²) in [6.07, 6.45) is 4.80. The average Bonchev–Trinajstić information content (AvgIpc) is 2.85. The number of carbonyl (C=O) groups is 1. The molecular formula is C16H26N4O. The summed E-state index contributed by atoms with van der Waals surface area (Å²) in [6, 6.07) is 0.218. The first kappa shape index (κ1) is 14.6. The number of fused-ring (bicyclic) bond motifs is 1. The molecule has 0 aromatic carbocycles. The standard InChI is InChI=1S/C16H26N4O/c1-10-4-5-20-13(6-10)12(9-18-20)15(21)19-14-7-11(8-17)16(14,2)3/h9-11,14H,4-8,17H2,1-3H3,(H,19,21). The molecule has 1 amide bonds. The number of amides is 1. The fourth-order valence-corrected chi connectivity index (χ4v) is 3.68. The molecule has 2 aliphatic rings. The number of carbonyl (C=O) groups excluding carboxylic acids is 1. The van der Waals surface area contributed by atoms with E-state index in [0.29, 0.717) is 18.4 Å². The number of hydrogen-bond acceptors (Lipinski definition) is 3. The van der Waals surface area contributed by atoms with Crippen molar-refractivity contribution >= 4 is 5.91 Å². The van der Waals surface area contributed by atoms with Gasteiger partial charge in [0.1, 0.15) is 0 Å². The Labute approximate surface area is 126 Å². The van der Waals surface area contributed by atoms with Crippen LogP contribution in [0.15, 0.2) is 6.20 Å². The van der Waals surface area contributed by atoms with Crippen molar-refractivity contribution in [1.82, 2.24) is 15.1 Å². The lowest BCUT2D eigenvalue weighted by Gasteiger charge is -2.52. The molecule has 1 aromatic rings. The molecule has 21 heavy (non-hydrogen) atoms. The van der Waals surface area contributed by atoms with Crippen molar-refractivity contribution in [3.05, 3.63) is 17.5 Å². The minimum Gasteiger partial charge on any atom is -0.349 e. The highest BCUT2D eigenvalue weighted by Crippen LogP contribution is 2.45. The van der Waals surface area contributed by atoms with Crippen molar-refractivity contribution in [2.45, 2.75) is 52.6 Å². The zero-order valence-corrected chi connectivity index (χ0v) is 13.2. The Kier molecular flexibility index (Phi) is 3.56. The van der Waals surface area contributed by atoms with Gasteiger partial charge in [-0.1, -0.05) is 20.8 Å². The molecule has 1 saturated carbocycles. The Bertz CT molecular complexity index is 548. The van der Waals surface area contributed by atoms with Gasteiger partial charge in [0.25, 0.3) is 5.91 Å². The van der Waals surface area contributed by atoms with Crippen molar-refractivity contribution in [3.63, 3.8) is 0 Å². The second-order valence-electron chi connectivity index (χ2n) is 7.34. The normalized spacial score (nSPS) is 30.4. The highest BCUT2D eigenvalue weighted by Gasteiger charge is 2.48. The number of nitrogens with one attached hydrogen (secondary N) is 1. The lowest BCUT2D eigenvalue weighted by molar-refractivity contribution is 0.0199. The van der Waals surface area contributed by atoms with Gasteiger partial charge in [-0.2, -0.15) is 5.10 Å². The summed E-state index contributed by atoms with van der Waals surface area (Å²) in [5.41, 5.74) is 7.72. The molecular weight excluding hydrogens is 264 g/mol. The van der Waals surface area contributed by atoms with Crippen molar-refractivity contribution in [1.29, 1.82) is 0 Å². The highest BCUT2D eigenvalue weighted by molar-refractivity contribution is 5.95. The van der Waals surface area contributed by atoms with Crippen LogP contribution in [0.25, 0.3) is 0 Å². The Morgan fingerprint density at radius 1 is 1.57 bits per heavy atom. The zero-order chi connectivity index (χ0) is 15.2. The van der Waals surface area contributed by atoms with Gasteiger partial charge >= 0.3 is 0 Å². The second kappa shape index (κ2) is 5.13. The number of rotatable bonds is 3. The highest BCUT2D eigenvalue weighted by atomic mass is 16.1. The van der Waals surface area contributed by atoms with Gasteiger partial charge in [0.2, 0.25) is 0 Å². The predicted molar refractivity (Wildman–Crippen MR) is 81.9 cm³/mol. The van der Waals surface area contributed by atoms with E-state index in [9.17, 15) is 4.79 Å². The van der Waals surface area contributed by atoms with E-state index in [4.69, 9.17) is 5.73 Å². The fourth-order valence-electron chi connectivity index (χ4n) is 3.68. The van der Waals surface area contributed by atoms with E-state index in [2.05, 4.69) is 31.2 Å². The van der Waals surface area contributed by atoms with Crippen LogP contribution in [0, 0.1) is 17.3 Å². The van der Waals surface area contributed by atoms with Crippen molar-refractivity contribution in [3.8, 4) is 0 Å². The first-order valence-corrected chi connectivity index (χ1v) is 7.99. The molecule has 1 aliphatic carbocycles. The van der Waals surface area contributed by atoms with Gasteiger partial charge in [-0.25, -0.2) is 0 Å². The summed E-state index contributed by atoms with van der Waals surface area (Å²) < 4.78 is 1.99. The van der Waals surface area contributed by atoms with Gasteiger partial charge in [0, 0.05) is 12.6 Å². The van der Waals surface area contributed by atoms with Gasteiger partial charge in [-0.3, -0.25) is 9.48 Å². The quantitative estimate of drug-likeness (QED) is 0.887. The van der Waals surface area contributed by atoms with Crippen LogP contribution in [-0.2, 0) is 13.0 Å². The van der Waals surface area contributed by atoms with Gasteiger partial charge in [-0.15, -0.1) is 0 Å². The molecule has 0 saturated heterocycles. The SMILES string of the molecule is CC1CCn2ncc(C(=O)NC3CC(CN)C3(C)C)c2C1. The molecule has 1 aliphatic heterocycles. The van der Waals surface area contributed by atoms with Crippen LogP contribution in [0.4, 0.5) is 0 Å². The van der Waals surface area contributed by atoms with E-state index in [1.165, 1.54) is 0 Å². The smallest absolute Gasteiger partial charge is 0.254 e. The van der Waals surface area contributed by atoms with E-state index in [1.54, 1.807) is 6.20 Å². The minimum absolute atomic E-state index is 0.0268. The first-order valence-electron chi connectivity index (χ1n) is 7.99. The molecule has 3 unspecified atom stereocenters. The second-order valence-corrected chi connectivity index (χ2v) is 7.34. The van der Waals surface area contributed by atoms with E-state index in [0.717, 1.165) is 37.1 Å². The number of aromatic nitrogens is 2. The number of nitrogens with zero attached hydrogens (tertiary/aromatic N) is 2. The van der Waals surface area contributed by atoms with Crippen molar-refractivity contribution in [2.24, 2.45) is 23.0 Å².